The first-order chi connectivity index (χ1) is 10.8. The SMILES string of the molecule is CCN(CC)C(=O)c1nc(C(=O)NC(C)(C)C)n2c1CCCC2. The van der Waals surface area contributed by atoms with E-state index in [1.165, 1.54) is 0 Å². The summed E-state index contributed by atoms with van der Waals surface area (Å²) in [6.45, 7) is 11.8. The molecular weight excluding hydrogens is 292 g/mol. The number of amides is 2. The van der Waals surface area contributed by atoms with Crippen LogP contribution in [0.2, 0.25) is 0 Å². The Balaban J connectivity index is 2.42. The summed E-state index contributed by atoms with van der Waals surface area (Å²) in [7, 11) is 0. The fourth-order valence-corrected chi connectivity index (χ4v) is 2.94. The Labute approximate surface area is 138 Å². The van der Waals surface area contributed by atoms with Gasteiger partial charge in [0.1, 0.15) is 5.69 Å². The van der Waals surface area contributed by atoms with Crippen LogP contribution in [0.3, 0.4) is 0 Å². The van der Waals surface area contributed by atoms with Crippen LogP contribution < -0.4 is 5.32 Å². The normalized spacial score (nSPS) is 14.3. The van der Waals surface area contributed by atoms with Crippen molar-refractivity contribution in [3.8, 4) is 0 Å². The van der Waals surface area contributed by atoms with Crippen LogP contribution in [0.15, 0.2) is 0 Å². The van der Waals surface area contributed by atoms with Crippen LogP contribution in [0, 0.1) is 0 Å². The van der Waals surface area contributed by atoms with Crippen molar-refractivity contribution in [2.24, 2.45) is 0 Å². The summed E-state index contributed by atoms with van der Waals surface area (Å²) in [5.74, 6) is 0.0832. The fraction of sp³-hybridized carbons (Fsp3) is 0.706. The fourth-order valence-electron chi connectivity index (χ4n) is 2.94. The zero-order valence-electron chi connectivity index (χ0n) is 14.9. The molecule has 1 N–H and O–H groups in total. The third-order valence-corrected chi connectivity index (χ3v) is 4.06. The lowest BCUT2D eigenvalue weighted by atomic mass is 10.1. The lowest BCUT2D eigenvalue weighted by Gasteiger charge is -2.22. The van der Waals surface area contributed by atoms with Gasteiger partial charge in [0.2, 0.25) is 0 Å². The van der Waals surface area contributed by atoms with Crippen molar-refractivity contribution in [3.05, 3.63) is 17.2 Å². The molecule has 0 unspecified atom stereocenters. The van der Waals surface area contributed by atoms with Crippen molar-refractivity contribution in [3.63, 3.8) is 0 Å². The predicted octanol–water partition coefficient (Wildman–Crippen LogP) is 2.23. The number of nitrogens with zero attached hydrogens (tertiary/aromatic N) is 3. The number of carbonyl (C=O) groups is 2. The van der Waals surface area contributed by atoms with E-state index in [2.05, 4.69) is 10.3 Å². The van der Waals surface area contributed by atoms with Gasteiger partial charge in [0.05, 0.1) is 5.69 Å². The van der Waals surface area contributed by atoms with Crippen molar-refractivity contribution in [2.75, 3.05) is 13.1 Å². The van der Waals surface area contributed by atoms with Crippen LogP contribution in [0.4, 0.5) is 0 Å². The molecule has 1 aromatic heterocycles. The molecule has 0 bridgehead atoms. The van der Waals surface area contributed by atoms with Gasteiger partial charge in [-0.2, -0.15) is 0 Å². The van der Waals surface area contributed by atoms with E-state index in [0.29, 0.717) is 24.6 Å². The standard InChI is InChI=1S/C17H28N4O2/c1-6-20(7-2)16(23)13-12-10-8-9-11-21(12)14(18-13)15(22)19-17(3,4)5/h6-11H2,1-5H3,(H,19,22). The van der Waals surface area contributed by atoms with E-state index >= 15 is 0 Å². The molecule has 0 radical (unpaired) electrons. The van der Waals surface area contributed by atoms with E-state index in [-0.39, 0.29) is 17.4 Å². The zero-order chi connectivity index (χ0) is 17.2. The van der Waals surface area contributed by atoms with E-state index < -0.39 is 0 Å². The van der Waals surface area contributed by atoms with Gasteiger partial charge < -0.3 is 14.8 Å². The topological polar surface area (TPSA) is 67.2 Å². The molecule has 0 aliphatic carbocycles. The number of rotatable bonds is 4. The van der Waals surface area contributed by atoms with Gasteiger partial charge in [0, 0.05) is 25.2 Å². The van der Waals surface area contributed by atoms with Gasteiger partial charge in [0.25, 0.3) is 11.8 Å². The Kier molecular flexibility index (Phi) is 5.12. The van der Waals surface area contributed by atoms with E-state index in [9.17, 15) is 9.59 Å². The molecule has 0 saturated carbocycles. The number of imidazole rings is 1. The molecule has 6 heteroatoms. The Hall–Kier alpha value is -1.85. The minimum atomic E-state index is -0.332. The van der Waals surface area contributed by atoms with E-state index in [4.69, 9.17) is 0 Å². The highest BCUT2D eigenvalue weighted by molar-refractivity contribution is 5.97. The van der Waals surface area contributed by atoms with Gasteiger partial charge in [-0.3, -0.25) is 9.59 Å². The van der Waals surface area contributed by atoms with Crippen molar-refractivity contribution in [1.82, 2.24) is 19.8 Å². The third kappa shape index (κ3) is 3.74. The maximum atomic E-state index is 12.7. The zero-order valence-corrected chi connectivity index (χ0v) is 14.9. The first-order valence-electron chi connectivity index (χ1n) is 8.49. The average Bonchev–Trinajstić information content (AvgIpc) is 2.86. The third-order valence-electron chi connectivity index (χ3n) is 4.06. The van der Waals surface area contributed by atoms with Crippen molar-refractivity contribution >= 4 is 11.8 Å². The molecule has 2 amide bonds. The Morgan fingerprint density at radius 3 is 2.43 bits per heavy atom. The van der Waals surface area contributed by atoms with Gasteiger partial charge >= 0.3 is 0 Å². The van der Waals surface area contributed by atoms with Crippen LogP contribution in [0.1, 0.15) is 74.3 Å². The average molecular weight is 320 g/mol. The highest BCUT2D eigenvalue weighted by Crippen LogP contribution is 2.22. The molecule has 23 heavy (non-hydrogen) atoms. The predicted molar refractivity (Wildman–Crippen MR) is 89.6 cm³/mol. The first-order valence-corrected chi connectivity index (χ1v) is 8.49. The summed E-state index contributed by atoms with van der Waals surface area (Å²) in [6.07, 6.45) is 2.85. The van der Waals surface area contributed by atoms with Gasteiger partial charge in [-0.05, 0) is 53.9 Å². The number of nitrogens with one attached hydrogen (secondary N) is 1. The lowest BCUT2D eigenvalue weighted by Crippen LogP contribution is -2.42. The molecule has 1 aliphatic rings. The van der Waals surface area contributed by atoms with Crippen LogP contribution >= 0.6 is 0 Å². The molecule has 2 rings (SSSR count). The molecule has 0 saturated heterocycles. The van der Waals surface area contributed by atoms with Crippen LogP contribution in [0.5, 0.6) is 0 Å². The molecule has 1 aromatic rings. The van der Waals surface area contributed by atoms with Gasteiger partial charge in [-0.1, -0.05) is 0 Å². The number of carbonyl (C=O) groups excluding carboxylic acids is 2. The second-order valence-electron chi connectivity index (χ2n) is 7.02. The highest BCUT2D eigenvalue weighted by Gasteiger charge is 2.30. The second kappa shape index (κ2) is 6.72. The minimum absolute atomic E-state index is 0.0736. The summed E-state index contributed by atoms with van der Waals surface area (Å²) >= 11 is 0. The molecular formula is C17H28N4O2. The molecule has 2 heterocycles. The molecule has 6 nitrogen and oxygen atoms in total. The van der Waals surface area contributed by atoms with Gasteiger partial charge in [-0.15, -0.1) is 0 Å². The molecule has 128 valence electrons. The monoisotopic (exact) mass is 320 g/mol. The second-order valence-corrected chi connectivity index (χ2v) is 7.02. The number of aromatic nitrogens is 2. The van der Waals surface area contributed by atoms with Crippen LogP contribution in [0.25, 0.3) is 0 Å². The number of hydrogen-bond donors (Lipinski definition) is 1. The van der Waals surface area contributed by atoms with Gasteiger partial charge in [0.15, 0.2) is 5.82 Å². The summed E-state index contributed by atoms with van der Waals surface area (Å²) in [5, 5.41) is 2.95. The first kappa shape index (κ1) is 17.5. The number of fused-ring (bicyclic) bond motifs is 1. The number of hydrogen-bond acceptors (Lipinski definition) is 3. The smallest absolute Gasteiger partial charge is 0.287 e. The Bertz CT molecular complexity index is 594. The summed E-state index contributed by atoms with van der Waals surface area (Å²) in [5.41, 5.74) is 1.03. The summed E-state index contributed by atoms with van der Waals surface area (Å²) in [4.78, 5) is 31.5. The molecule has 0 spiro atoms. The van der Waals surface area contributed by atoms with E-state index in [1.807, 2.05) is 39.2 Å². The van der Waals surface area contributed by atoms with Crippen molar-refractivity contribution in [2.45, 2.75) is 66.0 Å². The maximum absolute atomic E-state index is 12.7. The lowest BCUT2D eigenvalue weighted by molar-refractivity contribution is 0.0766. The highest BCUT2D eigenvalue weighted by atomic mass is 16.2. The molecule has 0 fully saturated rings. The minimum Gasteiger partial charge on any atom is -0.345 e. The Morgan fingerprint density at radius 1 is 1.22 bits per heavy atom. The van der Waals surface area contributed by atoms with Crippen LogP contribution in [-0.2, 0) is 13.0 Å². The van der Waals surface area contributed by atoms with Gasteiger partial charge in [-0.25, -0.2) is 4.98 Å². The van der Waals surface area contributed by atoms with Crippen molar-refractivity contribution in [1.29, 1.82) is 0 Å². The molecule has 0 atom stereocenters. The van der Waals surface area contributed by atoms with E-state index in [1.54, 1.807) is 4.90 Å². The maximum Gasteiger partial charge on any atom is 0.287 e. The molecule has 0 aromatic carbocycles. The van der Waals surface area contributed by atoms with Crippen molar-refractivity contribution < 1.29 is 9.59 Å². The Morgan fingerprint density at radius 2 is 1.87 bits per heavy atom. The quantitative estimate of drug-likeness (QED) is 0.925. The summed E-state index contributed by atoms with van der Waals surface area (Å²) < 4.78 is 1.93. The molecule has 1 aliphatic heterocycles. The van der Waals surface area contributed by atoms with Crippen LogP contribution in [-0.4, -0.2) is 44.9 Å². The van der Waals surface area contributed by atoms with E-state index in [0.717, 1.165) is 31.5 Å². The largest absolute Gasteiger partial charge is 0.345 e. The summed E-state index contributed by atoms with van der Waals surface area (Å²) in [6, 6.07) is 0.